The van der Waals surface area contributed by atoms with Crippen molar-refractivity contribution in [1.29, 1.82) is 0 Å². The minimum Gasteiger partial charge on any atom is -0.383 e. The average Bonchev–Trinajstić information content (AvgIpc) is 2.37. The first-order chi connectivity index (χ1) is 9.99. The predicted octanol–water partition coefficient (Wildman–Crippen LogP) is -1.14. The number of aliphatic hydroxyl groups is 1. The Bertz CT molecular complexity index is 619. The van der Waals surface area contributed by atoms with Gasteiger partial charge >= 0.3 is 19.6 Å². The Labute approximate surface area is 122 Å². The van der Waals surface area contributed by atoms with Gasteiger partial charge in [0, 0.05) is 13.3 Å². The molecule has 0 amide bonds. The van der Waals surface area contributed by atoms with Crippen molar-refractivity contribution in [2.45, 2.75) is 18.3 Å². The molecule has 0 aliphatic rings. The number of hydrogen-bond donors (Lipinski definition) is 4. The fourth-order valence-electron chi connectivity index (χ4n) is 1.47. The number of rotatable bonds is 7. The molecule has 1 heterocycles. The Kier molecular flexibility index (Phi) is 5.73. The lowest BCUT2D eigenvalue weighted by Gasteiger charge is -2.29. The van der Waals surface area contributed by atoms with Crippen LogP contribution in [-0.2, 0) is 19.9 Å². The van der Waals surface area contributed by atoms with E-state index in [1.165, 1.54) is 0 Å². The zero-order chi connectivity index (χ0) is 17.1. The third-order valence-electron chi connectivity index (χ3n) is 2.56. The van der Waals surface area contributed by atoms with Crippen molar-refractivity contribution in [2.75, 3.05) is 19.5 Å². The number of phosphoric ester groups is 1. The van der Waals surface area contributed by atoms with Crippen molar-refractivity contribution in [3.63, 3.8) is 0 Å². The first-order valence-electron chi connectivity index (χ1n) is 5.63. The van der Waals surface area contributed by atoms with Gasteiger partial charge in [-0.2, -0.15) is 13.8 Å². The molecule has 0 saturated heterocycles. The molecule has 1 rings (SSSR count). The topological polar surface area (TPSA) is 157 Å². The molecule has 22 heavy (non-hydrogen) atoms. The summed E-state index contributed by atoms with van der Waals surface area (Å²) in [4.78, 5) is 31.5. The molecule has 0 unspecified atom stereocenters. The van der Waals surface area contributed by atoms with Gasteiger partial charge in [-0.25, -0.2) is 13.9 Å². The van der Waals surface area contributed by atoms with Crippen molar-refractivity contribution >= 4 is 13.6 Å². The average molecular weight is 345 g/mol. The molecule has 0 fully saturated rings. The lowest BCUT2D eigenvalue weighted by Crippen LogP contribution is -2.50. The first kappa shape index (κ1) is 18.6. The van der Waals surface area contributed by atoms with Gasteiger partial charge in [0.25, 0.3) is 0 Å². The fraction of sp³-hybridized carbons (Fsp3) is 0.556. The number of nitrogens with two attached hydrogens (primary N) is 1. The highest BCUT2D eigenvalue weighted by Gasteiger charge is 2.47. The van der Waals surface area contributed by atoms with Crippen LogP contribution in [0.15, 0.2) is 17.1 Å². The van der Waals surface area contributed by atoms with Gasteiger partial charge in [0.2, 0.25) is 0 Å². The minimum atomic E-state index is -4.95. The van der Waals surface area contributed by atoms with Gasteiger partial charge in [-0.1, -0.05) is 0 Å². The summed E-state index contributed by atoms with van der Waals surface area (Å²) in [6.45, 7) is -1.03. The van der Waals surface area contributed by atoms with E-state index in [4.69, 9.17) is 15.5 Å². The van der Waals surface area contributed by atoms with Crippen molar-refractivity contribution in [2.24, 2.45) is 0 Å². The maximum Gasteiger partial charge on any atom is 0.469 e. The summed E-state index contributed by atoms with van der Waals surface area (Å²) in [6.07, 6.45) is -3.86. The van der Waals surface area contributed by atoms with Crippen molar-refractivity contribution in [3.05, 3.63) is 22.7 Å². The molecule has 1 aromatic heterocycles. The van der Waals surface area contributed by atoms with E-state index in [0.29, 0.717) is 6.20 Å². The third-order valence-corrected chi connectivity index (χ3v) is 3.05. The van der Waals surface area contributed by atoms with E-state index in [2.05, 4.69) is 14.2 Å². The lowest BCUT2D eigenvalue weighted by atomic mass is 10.1. The van der Waals surface area contributed by atoms with Crippen LogP contribution in [0.1, 0.15) is 0 Å². The van der Waals surface area contributed by atoms with Gasteiger partial charge in [-0.3, -0.25) is 4.52 Å². The normalized spacial score (nSPS) is 15.5. The highest BCUT2D eigenvalue weighted by Crippen LogP contribution is 2.37. The molecule has 0 bridgehead atoms. The first-order valence-corrected chi connectivity index (χ1v) is 7.16. The molecule has 0 saturated carbocycles. The van der Waals surface area contributed by atoms with Gasteiger partial charge in [0.05, 0.1) is 6.61 Å². The minimum absolute atomic E-state index is 0.183. The monoisotopic (exact) mass is 345 g/mol. The summed E-state index contributed by atoms with van der Waals surface area (Å²) >= 11 is 0. The van der Waals surface area contributed by atoms with Crippen LogP contribution < -0.4 is 11.4 Å². The van der Waals surface area contributed by atoms with E-state index in [-0.39, 0.29) is 10.4 Å². The Morgan fingerprint density at radius 2 is 2.14 bits per heavy atom. The van der Waals surface area contributed by atoms with Crippen LogP contribution >= 0.6 is 7.82 Å². The number of hydrogen-bond acceptors (Lipinski definition) is 7. The van der Waals surface area contributed by atoms with Crippen molar-refractivity contribution in [3.8, 4) is 0 Å². The molecule has 0 aliphatic heterocycles. The molecule has 0 aliphatic carbocycles. The van der Waals surface area contributed by atoms with Crippen molar-refractivity contribution < 1.29 is 37.5 Å². The third kappa shape index (κ3) is 4.53. The Balaban J connectivity index is 3.03. The number of anilines is 1. The summed E-state index contributed by atoms with van der Waals surface area (Å²) in [5, 5.41) is 9.65. The Morgan fingerprint density at radius 3 is 2.59 bits per heavy atom. The van der Waals surface area contributed by atoms with Crippen LogP contribution in [0.25, 0.3) is 0 Å². The molecule has 13 heteroatoms. The van der Waals surface area contributed by atoms with Crippen LogP contribution in [0.2, 0.25) is 0 Å². The summed E-state index contributed by atoms with van der Waals surface area (Å²) in [7, 11) is -4.03. The molecular weight excluding hydrogens is 331 g/mol. The largest absolute Gasteiger partial charge is 0.469 e. The van der Waals surface area contributed by atoms with Gasteiger partial charge in [0.1, 0.15) is 11.9 Å². The summed E-state index contributed by atoms with van der Waals surface area (Å²) in [5.74, 6) is -0.292. The molecule has 5 N–H and O–H groups in total. The van der Waals surface area contributed by atoms with Crippen LogP contribution in [0.3, 0.4) is 0 Å². The second-order valence-corrected chi connectivity index (χ2v) is 5.34. The maximum atomic E-state index is 14.1. The van der Waals surface area contributed by atoms with Crippen molar-refractivity contribution in [1.82, 2.24) is 9.55 Å². The second kappa shape index (κ2) is 6.77. The number of methoxy groups -OCH3 is 1. The quantitative estimate of drug-likeness (QED) is 0.448. The van der Waals surface area contributed by atoms with E-state index in [1.807, 2.05) is 0 Å². The van der Waals surface area contributed by atoms with Crippen LogP contribution in [-0.4, -0.2) is 50.4 Å². The van der Waals surface area contributed by atoms with Crippen LogP contribution in [0.5, 0.6) is 0 Å². The number of ether oxygens (including phenoxy) is 1. The van der Waals surface area contributed by atoms with Crippen LogP contribution in [0, 0.1) is 0 Å². The van der Waals surface area contributed by atoms with E-state index < -0.39 is 38.4 Å². The second-order valence-electron chi connectivity index (χ2n) is 4.10. The fourth-order valence-corrected chi connectivity index (χ4v) is 1.81. The molecule has 0 spiro atoms. The molecule has 2 atom stereocenters. The molecular formula is C9H14F2N3O7P. The molecule has 0 radical (unpaired) electrons. The maximum absolute atomic E-state index is 14.1. The van der Waals surface area contributed by atoms with E-state index >= 15 is 0 Å². The number of aromatic nitrogens is 2. The Hall–Kier alpha value is -1.43. The van der Waals surface area contributed by atoms with Crippen LogP contribution in [0.4, 0.5) is 14.6 Å². The van der Waals surface area contributed by atoms with Gasteiger partial charge in [-0.15, -0.1) is 0 Å². The summed E-state index contributed by atoms with van der Waals surface area (Å²) < 4.78 is 47.1. The summed E-state index contributed by atoms with van der Waals surface area (Å²) in [6, 6.07) is -3.27. The highest BCUT2D eigenvalue weighted by atomic mass is 31.2. The molecule has 10 nitrogen and oxygen atoms in total. The molecule has 1 aromatic rings. The smallest absolute Gasteiger partial charge is 0.383 e. The van der Waals surface area contributed by atoms with Gasteiger partial charge in [-0.05, 0) is 6.07 Å². The number of aliphatic hydroxyl groups excluding tert-OH is 1. The molecule has 126 valence electrons. The standard InChI is InChI=1S/C9H14F2N3O7P/c1-20-5(4-21-22(17,18)19)7(15)9(10,11)14-3-2-6(12)13-8(14)16/h2-3,5,7,15H,4H2,1H3,(H2,12,13,16)(H2,17,18,19)/t5-,7-/m1/s1. The highest BCUT2D eigenvalue weighted by molar-refractivity contribution is 7.46. The Morgan fingerprint density at radius 1 is 1.55 bits per heavy atom. The zero-order valence-corrected chi connectivity index (χ0v) is 12.1. The number of nitrogen functional groups attached to an aromatic ring is 1. The number of halogens is 2. The lowest BCUT2D eigenvalue weighted by molar-refractivity contribution is -0.215. The van der Waals surface area contributed by atoms with E-state index in [1.54, 1.807) is 0 Å². The predicted molar refractivity (Wildman–Crippen MR) is 67.9 cm³/mol. The number of phosphoric acid groups is 1. The van der Waals surface area contributed by atoms with Gasteiger partial charge in [0.15, 0.2) is 6.10 Å². The van der Waals surface area contributed by atoms with Gasteiger partial charge < -0.3 is 25.4 Å². The zero-order valence-electron chi connectivity index (χ0n) is 11.2. The number of nitrogens with zero attached hydrogens (tertiary/aromatic N) is 2. The SMILES string of the molecule is CO[C@H](COP(=O)(O)O)[C@@H](O)C(F)(F)n1ccc(N)nc1=O. The van der Waals surface area contributed by atoms with E-state index in [0.717, 1.165) is 13.2 Å². The summed E-state index contributed by atoms with van der Waals surface area (Å²) in [5.41, 5.74) is 3.74. The number of alkyl halides is 2. The molecule has 0 aromatic carbocycles. The van der Waals surface area contributed by atoms with E-state index in [9.17, 15) is 23.2 Å².